The molecule has 2 aromatic carbocycles. The van der Waals surface area contributed by atoms with Gasteiger partial charge in [0.2, 0.25) is 0 Å². The van der Waals surface area contributed by atoms with Gasteiger partial charge in [0.05, 0.1) is 10.5 Å². The first kappa shape index (κ1) is 22.9. The van der Waals surface area contributed by atoms with E-state index in [0.717, 1.165) is 18.4 Å². The van der Waals surface area contributed by atoms with Crippen molar-refractivity contribution in [1.29, 1.82) is 0 Å². The van der Waals surface area contributed by atoms with Crippen LogP contribution in [0.5, 0.6) is 0 Å². The van der Waals surface area contributed by atoms with Crippen molar-refractivity contribution < 1.29 is 13.2 Å². The van der Waals surface area contributed by atoms with Crippen molar-refractivity contribution >= 4 is 44.2 Å². The van der Waals surface area contributed by atoms with Crippen molar-refractivity contribution in [2.24, 2.45) is 0 Å². The van der Waals surface area contributed by atoms with Gasteiger partial charge in [0.15, 0.2) is 11.6 Å². The van der Waals surface area contributed by atoms with Gasteiger partial charge in [0.25, 0.3) is 10.0 Å². The van der Waals surface area contributed by atoms with Crippen molar-refractivity contribution in [2.75, 3.05) is 4.72 Å². The molecule has 0 radical (unpaired) electrons. The fourth-order valence-corrected chi connectivity index (χ4v) is 5.57. The third kappa shape index (κ3) is 5.20. The number of ketones is 1. The van der Waals surface area contributed by atoms with Crippen LogP contribution in [0.4, 0.5) is 5.82 Å². The minimum absolute atomic E-state index is 0.0452. The van der Waals surface area contributed by atoms with Crippen LogP contribution in [0.3, 0.4) is 0 Å². The molecule has 3 aromatic rings. The number of rotatable bonds is 7. The number of alkyl halides is 1. The highest BCUT2D eigenvalue weighted by Gasteiger charge is 2.22. The molecule has 0 saturated heterocycles. The Morgan fingerprint density at radius 3 is 2.34 bits per heavy atom. The first-order valence-electron chi connectivity index (χ1n) is 10.8. The summed E-state index contributed by atoms with van der Waals surface area (Å²) < 4.78 is 29.4. The van der Waals surface area contributed by atoms with Crippen LogP contribution >= 0.6 is 22.6 Å². The Morgan fingerprint density at radius 1 is 1.00 bits per heavy atom. The topological polar surface area (TPSA) is 76.1 Å². The molecule has 1 fully saturated rings. The number of nitrogens with zero attached hydrogens (tertiary/aromatic N) is 1. The van der Waals surface area contributed by atoms with Crippen LogP contribution in [0.1, 0.15) is 65.1 Å². The monoisotopic (exact) mass is 560 g/mol. The molecule has 1 aromatic heterocycles. The smallest absolute Gasteiger partial charge is 0.263 e. The van der Waals surface area contributed by atoms with Gasteiger partial charge in [-0.2, -0.15) is 0 Å². The van der Waals surface area contributed by atoms with Crippen molar-refractivity contribution in [3.63, 3.8) is 0 Å². The summed E-state index contributed by atoms with van der Waals surface area (Å²) in [6.07, 6.45) is 7.63. The molecule has 0 unspecified atom stereocenters. The predicted octanol–water partition coefficient (Wildman–Crippen LogP) is 6.10. The Bertz CT molecular complexity index is 1190. The van der Waals surface area contributed by atoms with Crippen molar-refractivity contribution in [1.82, 2.24) is 4.98 Å². The highest BCUT2D eigenvalue weighted by atomic mass is 127. The third-order valence-corrected chi connectivity index (χ3v) is 8.11. The van der Waals surface area contributed by atoms with E-state index in [0.29, 0.717) is 15.9 Å². The van der Waals surface area contributed by atoms with Gasteiger partial charge in [-0.25, -0.2) is 13.4 Å². The van der Waals surface area contributed by atoms with Gasteiger partial charge < -0.3 is 0 Å². The summed E-state index contributed by atoms with van der Waals surface area (Å²) in [5.41, 5.74) is 2.77. The minimum atomic E-state index is -3.89. The Kier molecular flexibility index (Phi) is 7.25. The lowest BCUT2D eigenvalue weighted by Gasteiger charge is -2.22. The van der Waals surface area contributed by atoms with Crippen molar-refractivity contribution in [3.05, 3.63) is 89.1 Å². The summed E-state index contributed by atoms with van der Waals surface area (Å²) in [6, 6.07) is 17.6. The van der Waals surface area contributed by atoms with Crippen LogP contribution in [0, 0.1) is 0 Å². The number of benzene rings is 2. The average Bonchev–Trinajstić information content (AvgIpc) is 2.85. The number of aromatic nitrogens is 1. The fraction of sp³-hybridized carbons (Fsp3) is 0.280. The third-order valence-electron chi connectivity index (χ3n) is 5.88. The van der Waals surface area contributed by atoms with E-state index < -0.39 is 10.0 Å². The maximum atomic E-state index is 13.1. The number of hydrogen-bond donors (Lipinski definition) is 1. The minimum Gasteiger partial charge on any atom is -0.288 e. The summed E-state index contributed by atoms with van der Waals surface area (Å²) in [5.74, 6) is 0.282. The van der Waals surface area contributed by atoms with Crippen LogP contribution in [0.2, 0.25) is 0 Å². The van der Waals surface area contributed by atoms with Crippen molar-refractivity contribution in [3.8, 4) is 0 Å². The molecule has 0 aliphatic heterocycles. The number of carbonyl (C=O) groups is 1. The number of halogens is 1. The molecule has 0 atom stereocenters. The van der Waals surface area contributed by atoms with Crippen molar-refractivity contribution in [2.45, 2.75) is 47.3 Å². The Hall–Kier alpha value is -2.26. The molecule has 32 heavy (non-hydrogen) atoms. The first-order valence-corrected chi connectivity index (χ1v) is 13.8. The van der Waals surface area contributed by atoms with E-state index in [1.807, 2.05) is 18.2 Å². The van der Waals surface area contributed by atoms with E-state index in [9.17, 15) is 13.2 Å². The van der Waals surface area contributed by atoms with E-state index in [2.05, 4.69) is 32.3 Å². The van der Waals surface area contributed by atoms with E-state index in [1.54, 1.807) is 48.7 Å². The second-order valence-corrected chi connectivity index (χ2v) is 10.5. The van der Waals surface area contributed by atoms with E-state index in [4.69, 9.17) is 0 Å². The van der Waals surface area contributed by atoms with Crippen LogP contribution in [0.15, 0.2) is 71.8 Å². The Morgan fingerprint density at radius 2 is 1.69 bits per heavy atom. The Labute approximate surface area is 202 Å². The lowest BCUT2D eigenvalue weighted by Crippen LogP contribution is -2.17. The van der Waals surface area contributed by atoms with Gasteiger partial charge in [0, 0.05) is 16.2 Å². The van der Waals surface area contributed by atoms with Gasteiger partial charge in [-0.3, -0.25) is 9.52 Å². The second-order valence-electron chi connectivity index (χ2n) is 8.08. The van der Waals surface area contributed by atoms with E-state index in [1.165, 1.54) is 24.8 Å². The van der Waals surface area contributed by atoms with Crippen LogP contribution in [0.25, 0.3) is 0 Å². The normalized spacial score (nSPS) is 14.8. The standard InChI is InChI=1S/C25H25IN2O3S/c26-16-18-15-23(24(29)21-9-5-2-6-10-21)25(27-17-18)28-32(30,31)22-13-11-20(12-14-22)19-7-3-1-4-8-19/h2,5-6,9-15,17,19H,1,3-4,7-8,16H2,(H,27,28). The molecule has 0 spiro atoms. The van der Waals surface area contributed by atoms with Gasteiger partial charge >= 0.3 is 0 Å². The molecule has 4 rings (SSSR count). The summed E-state index contributed by atoms with van der Waals surface area (Å²) in [4.78, 5) is 17.5. The highest BCUT2D eigenvalue weighted by Crippen LogP contribution is 2.33. The first-order chi connectivity index (χ1) is 15.5. The fourth-order valence-electron chi connectivity index (χ4n) is 4.12. The Balaban J connectivity index is 1.62. The van der Waals surface area contributed by atoms with Gasteiger partial charge in [-0.05, 0) is 48.1 Å². The molecular weight excluding hydrogens is 535 g/mol. The summed E-state index contributed by atoms with van der Waals surface area (Å²) in [5, 5.41) is 0. The lowest BCUT2D eigenvalue weighted by atomic mass is 9.84. The van der Waals surface area contributed by atoms with E-state index >= 15 is 0 Å². The molecule has 1 aliphatic rings. The van der Waals surface area contributed by atoms with Gasteiger partial charge in [-0.1, -0.05) is 84.3 Å². The summed E-state index contributed by atoms with van der Waals surface area (Å²) in [7, 11) is -3.89. The zero-order valence-electron chi connectivity index (χ0n) is 17.6. The van der Waals surface area contributed by atoms with Crippen LogP contribution < -0.4 is 4.72 Å². The van der Waals surface area contributed by atoms with Gasteiger partial charge in [-0.15, -0.1) is 0 Å². The van der Waals surface area contributed by atoms with E-state index in [-0.39, 0.29) is 22.1 Å². The zero-order valence-corrected chi connectivity index (χ0v) is 20.6. The number of anilines is 1. The number of carbonyl (C=O) groups excluding carboxylic acids is 1. The number of pyridine rings is 1. The maximum Gasteiger partial charge on any atom is 0.263 e. The second kappa shape index (κ2) is 10.1. The van der Waals surface area contributed by atoms with Crippen LogP contribution in [-0.2, 0) is 14.5 Å². The molecule has 0 bridgehead atoms. The predicted molar refractivity (Wildman–Crippen MR) is 135 cm³/mol. The largest absolute Gasteiger partial charge is 0.288 e. The maximum absolute atomic E-state index is 13.1. The summed E-state index contributed by atoms with van der Waals surface area (Å²) in [6.45, 7) is 0. The quantitative estimate of drug-likeness (QED) is 0.216. The SMILES string of the molecule is O=C(c1ccccc1)c1cc(CI)cnc1NS(=O)(=O)c1ccc(C2CCCCC2)cc1. The molecule has 1 N–H and O–H groups in total. The molecule has 1 aliphatic carbocycles. The highest BCUT2D eigenvalue weighted by molar-refractivity contribution is 14.1. The lowest BCUT2D eigenvalue weighted by molar-refractivity contribution is 0.103. The number of hydrogen-bond acceptors (Lipinski definition) is 4. The molecule has 7 heteroatoms. The molecule has 5 nitrogen and oxygen atoms in total. The molecular formula is C25H25IN2O3S. The molecule has 0 amide bonds. The molecule has 1 saturated carbocycles. The number of nitrogens with one attached hydrogen (secondary N) is 1. The zero-order chi connectivity index (χ0) is 22.6. The molecule has 166 valence electrons. The average molecular weight is 560 g/mol. The number of sulfonamides is 1. The van der Waals surface area contributed by atoms with Gasteiger partial charge in [0.1, 0.15) is 0 Å². The molecule has 1 heterocycles. The van der Waals surface area contributed by atoms with Crippen LogP contribution in [-0.4, -0.2) is 19.2 Å². The summed E-state index contributed by atoms with van der Waals surface area (Å²) >= 11 is 2.19.